The number of benzene rings is 1. The number of rotatable bonds is 8. The lowest BCUT2D eigenvalue weighted by atomic mass is 9.78. The third kappa shape index (κ3) is 6.48. The summed E-state index contributed by atoms with van der Waals surface area (Å²) in [7, 11) is 0. The van der Waals surface area contributed by atoms with Crippen LogP contribution in [0.2, 0.25) is 0 Å². The second-order valence-corrected chi connectivity index (χ2v) is 7.23. The van der Waals surface area contributed by atoms with Crippen molar-refractivity contribution in [1.82, 2.24) is 0 Å². The monoisotopic (exact) mass is 327 g/mol. The van der Waals surface area contributed by atoms with Crippen LogP contribution in [0, 0.1) is 23.2 Å². The van der Waals surface area contributed by atoms with Crippen LogP contribution in [0.1, 0.15) is 69.4 Å². The quantitative estimate of drug-likeness (QED) is 0.498. The van der Waals surface area contributed by atoms with E-state index >= 15 is 0 Å². The van der Waals surface area contributed by atoms with E-state index in [0.717, 1.165) is 18.3 Å². The molecular formula is C22H30FN. The minimum Gasteiger partial charge on any atom is -0.195 e. The highest BCUT2D eigenvalue weighted by molar-refractivity contribution is 5.22. The molecule has 0 aromatic heterocycles. The third-order valence-electron chi connectivity index (χ3n) is 5.37. The van der Waals surface area contributed by atoms with Gasteiger partial charge in [0.1, 0.15) is 6.07 Å². The Labute approximate surface area is 146 Å². The first-order valence-corrected chi connectivity index (χ1v) is 9.54. The Kier molecular flexibility index (Phi) is 8.02. The molecule has 2 heteroatoms. The van der Waals surface area contributed by atoms with E-state index < -0.39 is 5.83 Å². The normalized spacial score (nSPS) is 21.5. The summed E-state index contributed by atoms with van der Waals surface area (Å²) in [5.41, 5.74) is 2.91. The maximum atomic E-state index is 12.8. The average molecular weight is 327 g/mol. The maximum absolute atomic E-state index is 12.8. The van der Waals surface area contributed by atoms with E-state index in [4.69, 9.17) is 5.26 Å². The fourth-order valence-corrected chi connectivity index (χ4v) is 3.83. The SMILES string of the molecule is CCCc1ccc(CC[C@H]2CC[C@H](CC/C=C(\F)C#N)CC2)cc1. The molecule has 1 nitrogen and oxygen atoms in total. The fourth-order valence-electron chi connectivity index (χ4n) is 3.83. The predicted octanol–water partition coefficient (Wildman–Crippen LogP) is 6.54. The third-order valence-corrected chi connectivity index (χ3v) is 5.37. The minimum absolute atomic E-state index is 0.631. The van der Waals surface area contributed by atoms with Crippen LogP contribution in [0.3, 0.4) is 0 Å². The highest BCUT2D eigenvalue weighted by atomic mass is 19.1. The lowest BCUT2D eigenvalue weighted by Gasteiger charge is -2.28. The van der Waals surface area contributed by atoms with Crippen LogP contribution in [0.5, 0.6) is 0 Å². The Morgan fingerprint density at radius 2 is 1.58 bits per heavy atom. The summed E-state index contributed by atoms with van der Waals surface area (Å²) in [6, 6.07) is 10.7. The standard InChI is InChI=1S/C22H30FN/c1-2-4-18-7-11-20(12-8-18)15-16-21-13-9-19(10-14-21)5-3-6-22(23)17-24/h6-8,11-12,19,21H,2-5,9-10,13-16H2,1H3/b22-6-/t19-,21-. The van der Waals surface area contributed by atoms with Gasteiger partial charge in [-0.25, -0.2) is 0 Å². The highest BCUT2D eigenvalue weighted by Crippen LogP contribution is 2.34. The minimum atomic E-state index is -0.631. The van der Waals surface area contributed by atoms with Gasteiger partial charge in [0.2, 0.25) is 0 Å². The first kappa shape index (κ1) is 18.7. The molecule has 0 heterocycles. The van der Waals surface area contributed by atoms with Crippen molar-refractivity contribution in [1.29, 1.82) is 5.26 Å². The van der Waals surface area contributed by atoms with Gasteiger partial charge < -0.3 is 0 Å². The van der Waals surface area contributed by atoms with Crippen molar-refractivity contribution in [2.24, 2.45) is 11.8 Å². The molecule has 0 bridgehead atoms. The summed E-state index contributed by atoms with van der Waals surface area (Å²) >= 11 is 0. The van der Waals surface area contributed by atoms with Crippen molar-refractivity contribution in [3.05, 3.63) is 47.3 Å². The van der Waals surface area contributed by atoms with Crippen molar-refractivity contribution in [2.45, 2.75) is 71.1 Å². The van der Waals surface area contributed by atoms with Gasteiger partial charge in [0, 0.05) is 0 Å². The number of aryl methyl sites for hydroxylation is 2. The second-order valence-electron chi connectivity index (χ2n) is 7.23. The summed E-state index contributed by atoms with van der Waals surface area (Å²) in [5.74, 6) is 0.939. The first-order valence-electron chi connectivity index (χ1n) is 9.54. The molecule has 0 unspecified atom stereocenters. The highest BCUT2D eigenvalue weighted by Gasteiger charge is 2.20. The second kappa shape index (κ2) is 10.3. The van der Waals surface area contributed by atoms with E-state index in [1.165, 1.54) is 68.6 Å². The van der Waals surface area contributed by atoms with Gasteiger partial charge in [-0.05, 0) is 61.1 Å². The molecule has 0 amide bonds. The number of nitrogens with zero attached hydrogens (tertiary/aromatic N) is 1. The predicted molar refractivity (Wildman–Crippen MR) is 98.2 cm³/mol. The summed E-state index contributed by atoms with van der Waals surface area (Å²) in [4.78, 5) is 0. The molecule has 0 aliphatic heterocycles. The summed E-state index contributed by atoms with van der Waals surface area (Å²) in [6.07, 6.45) is 13.2. The van der Waals surface area contributed by atoms with Crippen molar-refractivity contribution in [3.8, 4) is 6.07 Å². The van der Waals surface area contributed by atoms with E-state index in [0.29, 0.717) is 6.42 Å². The van der Waals surface area contributed by atoms with Gasteiger partial charge in [0.05, 0.1) is 0 Å². The molecule has 0 saturated heterocycles. The molecule has 130 valence electrons. The van der Waals surface area contributed by atoms with Crippen LogP contribution in [-0.2, 0) is 12.8 Å². The molecule has 1 aromatic rings. The van der Waals surface area contributed by atoms with E-state index in [1.54, 1.807) is 6.07 Å². The molecule has 1 aliphatic carbocycles. The number of hydrogen-bond acceptors (Lipinski definition) is 1. The van der Waals surface area contributed by atoms with Crippen molar-refractivity contribution >= 4 is 0 Å². The topological polar surface area (TPSA) is 23.8 Å². The summed E-state index contributed by atoms with van der Waals surface area (Å²) in [6.45, 7) is 2.22. The van der Waals surface area contributed by atoms with Gasteiger partial charge >= 0.3 is 0 Å². The van der Waals surface area contributed by atoms with Gasteiger partial charge in [-0.3, -0.25) is 0 Å². The van der Waals surface area contributed by atoms with Crippen molar-refractivity contribution in [2.75, 3.05) is 0 Å². The molecule has 0 atom stereocenters. The molecule has 0 spiro atoms. The number of nitriles is 1. The zero-order valence-electron chi connectivity index (χ0n) is 14.9. The zero-order valence-corrected chi connectivity index (χ0v) is 14.9. The molecule has 1 aliphatic rings. The fraction of sp³-hybridized carbons (Fsp3) is 0.591. The van der Waals surface area contributed by atoms with Gasteiger partial charge in [0.25, 0.3) is 0 Å². The van der Waals surface area contributed by atoms with Crippen LogP contribution in [0.15, 0.2) is 36.2 Å². The van der Waals surface area contributed by atoms with Crippen LogP contribution in [-0.4, -0.2) is 0 Å². The first-order chi connectivity index (χ1) is 11.7. The molecule has 2 rings (SSSR count). The van der Waals surface area contributed by atoms with Crippen LogP contribution in [0.25, 0.3) is 0 Å². The lowest BCUT2D eigenvalue weighted by Crippen LogP contribution is -2.15. The van der Waals surface area contributed by atoms with Crippen LogP contribution in [0.4, 0.5) is 4.39 Å². The number of allylic oxidation sites excluding steroid dienone is 2. The van der Waals surface area contributed by atoms with Gasteiger partial charge in [0.15, 0.2) is 5.83 Å². The Morgan fingerprint density at radius 1 is 1.04 bits per heavy atom. The van der Waals surface area contributed by atoms with Gasteiger partial charge in [-0.2, -0.15) is 9.65 Å². The molecular weight excluding hydrogens is 297 g/mol. The Morgan fingerprint density at radius 3 is 2.12 bits per heavy atom. The van der Waals surface area contributed by atoms with Crippen LogP contribution < -0.4 is 0 Å². The number of hydrogen-bond donors (Lipinski definition) is 0. The number of halogens is 1. The largest absolute Gasteiger partial charge is 0.196 e. The Hall–Kier alpha value is -1.62. The smallest absolute Gasteiger partial charge is 0.195 e. The lowest BCUT2D eigenvalue weighted by molar-refractivity contribution is 0.254. The molecule has 24 heavy (non-hydrogen) atoms. The van der Waals surface area contributed by atoms with Gasteiger partial charge in [-0.1, -0.05) is 63.3 Å². The molecule has 0 radical (unpaired) electrons. The van der Waals surface area contributed by atoms with Crippen molar-refractivity contribution < 1.29 is 4.39 Å². The Balaban J connectivity index is 1.65. The molecule has 1 aromatic carbocycles. The van der Waals surface area contributed by atoms with Crippen LogP contribution >= 0.6 is 0 Å². The van der Waals surface area contributed by atoms with E-state index in [9.17, 15) is 4.39 Å². The molecule has 1 saturated carbocycles. The van der Waals surface area contributed by atoms with E-state index in [-0.39, 0.29) is 0 Å². The molecule has 1 fully saturated rings. The van der Waals surface area contributed by atoms with E-state index in [2.05, 4.69) is 31.2 Å². The average Bonchev–Trinajstić information content (AvgIpc) is 2.62. The van der Waals surface area contributed by atoms with E-state index in [1.807, 2.05) is 0 Å². The van der Waals surface area contributed by atoms with Crippen molar-refractivity contribution in [3.63, 3.8) is 0 Å². The summed E-state index contributed by atoms with van der Waals surface area (Å²) < 4.78 is 12.8. The zero-order chi connectivity index (χ0) is 17.2. The maximum Gasteiger partial charge on any atom is 0.196 e. The van der Waals surface area contributed by atoms with Gasteiger partial charge in [-0.15, -0.1) is 0 Å². The molecule has 0 N–H and O–H groups in total. The Bertz CT molecular complexity index is 544. The summed E-state index contributed by atoms with van der Waals surface area (Å²) in [5, 5.41) is 8.41.